The molecule has 2 fully saturated rings. The number of nitrogens with zero attached hydrogens (tertiary/aromatic N) is 1. The van der Waals surface area contributed by atoms with Crippen molar-refractivity contribution < 1.29 is 28.6 Å². The minimum atomic E-state index is -0.690. The lowest BCUT2D eigenvalue weighted by atomic mass is 9.74. The van der Waals surface area contributed by atoms with Crippen LogP contribution in [-0.4, -0.2) is 61.8 Å². The fourth-order valence-corrected chi connectivity index (χ4v) is 5.48. The van der Waals surface area contributed by atoms with Gasteiger partial charge in [-0.25, -0.2) is 0 Å². The molecule has 9 nitrogen and oxygen atoms in total. The van der Waals surface area contributed by atoms with Crippen LogP contribution < -0.4 is 20.1 Å². The fraction of sp³-hybridized carbons (Fsp3) is 0.444. The Labute approximate surface area is 209 Å². The number of hydrogen-bond acceptors (Lipinski definition) is 6. The van der Waals surface area contributed by atoms with E-state index in [1.807, 2.05) is 36.4 Å². The molecular formula is C27H29N3O6. The smallest absolute Gasteiger partial charge is 0.255 e. The van der Waals surface area contributed by atoms with Crippen LogP contribution in [-0.2, 0) is 19.7 Å². The van der Waals surface area contributed by atoms with E-state index in [-0.39, 0.29) is 42.5 Å². The van der Waals surface area contributed by atoms with Crippen LogP contribution in [0.25, 0.3) is 0 Å². The number of carbonyl (C=O) groups excluding carboxylic acids is 3. The van der Waals surface area contributed by atoms with Gasteiger partial charge in [0.15, 0.2) is 11.5 Å². The predicted molar refractivity (Wildman–Crippen MR) is 129 cm³/mol. The van der Waals surface area contributed by atoms with Gasteiger partial charge in [0, 0.05) is 36.8 Å². The van der Waals surface area contributed by atoms with Crippen molar-refractivity contribution in [2.75, 3.05) is 33.1 Å². The average Bonchev–Trinajstić information content (AvgIpc) is 3.56. The van der Waals surface area contributed by atoms with E-state index in [1.54, 1.807) is 11.0 Å². The second-order valence-corrected chi connectivity index (χ2v) is 9.89. The maximum absolute atomic E-state index is 13.2. The van der Waals surface area contributed by atoms with Gasteiger partial charge >= 0.3 is 0 Å². The molecular weight excluding hydrogens is 462 g/mol. The summed E-state index contributed by atoms with van der Waals surface area (Å²) in [6.45, 7) is 1.68. The van der Waals surface area contributed by atoms with Gasteiger partial charge in [0.1, 0.15) is 6.04 Å². The molecule has 1 aliphatic carbocycles. The first-order valence-electron chi connectivity index (χ1n) is 12.5. The standard InChI is InChI=1S/C27H29N3O6/c31-23(14-28-25(32)24-19-3-1-2-4-20(19)26(33)30(24)18-6-7-18)29-15-27(9-11-34-12-10-27)17-5-8-21-22(13-17)36-16-35-21/h1-5,8,13,18,24H,6-7,9-12,14-16H2,(H,28,32)(H,29,31). The fourth-order valence-electron chi connectivity index (χ4n) is 5.48. The molecule has 3 heterocycles. The van der Waals surface area contributed by atoms with Gasteiger partial charge < -0.3 is 29.7 Å². The van der Waals surface area contributed by atoms with E-state index in [0.717, 1.165) is 37.0 Å². The quantitative estimate of drug-likeness (QED) is 0.614. The van der Waals surface area contributed by atoms with Crippen molar-refractivity contribution in [2.45, 2.75) is 43.2 Å². The van der Waals surface area contributed by atoms with Crippen LogP contribution in [0, 0.1) is 0 Å². The van der Waals surface area contributed by atoms with Gasteiger partial charge in [0.05, 0.1) is 6.54 Å². The third kappa shape index (κ3) is 4.07. The molecule has 6 rings (SSSR count). The Morgan fingerprint density at radius 3 is 2.58 bits per heavy atom. The summed E-state index contributed by atoms with van der Waals surface area (Å²) >= 11 is 0. The largest absolute Gasteiger partial charge is 0.454 e. The van der Waals surface area contributed by atoms with Crippen LogP contribution in [0.4, 0.5) is 0 Å². The molecule has 0 radical (unpaired) electrons. The molecule has 2 aromatic carbocycles. The van der Waals surface area contributed by atoms with Gasteiger partial charge in [-0.15, -0.1) is 0 Å². The number of benzene rings is 2. The zero-order valence-electron chi connectivity index (χ0n) is 20.0. The molecule has 1 unspecified atom stereocenters. The van der Waals surface area contributed by atoms with Gasteiger partial charge in [-0.2, -0.15) is 0 Å². The maximum Gasteiger partial charge on any atom is 0.255 e. The summed E-state index contributed by atoms with van der Waals surface area (Å²) in [6.07, 6.45) is 3.32. The van der Waals surface area contributed by atoms with Gasteiger partial charge in [-0.3, -0.25) is 14.4 Å². The molecule has 0 bridgehead atoms. The summed E-state index contributed by atoms with van der Waals surface area (Å²) in [5.41, 5.74) is 2.05. The topological polar surface area (TPSA) is 106 Å². The van der Waals surface area contributed by atoms with Crippen LogP contribution in [0.5, 0.6) is 11.5 Å². The van der Waals surface area contributed by atoms with E-state index in [4.69, 9.17) is 14.2 Å². The van der Waals surface area contributed by atoms with E-state index >= 15 is 0 Å². The van der Waals surface area contributed by atoms with Gasteiger partial charge in [-0.1, -0.05) is 24.3 Å². The van der Waals surface area contributed by atoms with Gasteiger partial charge in [-0.05, 0) is 55.0 Å². The van der Waals surface area contributed by atoms with Crippen LogP contribution in [0.2, 0.25) is 0 Å². The van der Waals surface area contributed by atoms with Crippen molar-refractivity contribution in [3.63, 3.8) is 0 Å². The third-order valence-corrected chi connectivity index (χ3v) is 7.67. The van der Waals surface area contributed by atoms with Crippen molar-refractivity contribution in [2.24, 2.45) is 0 Å². The normalized spacial score (nSPS) is 21.7. The number of hydrogen-bond donors (Lipinski definition) is 2. The summed E-state index contributed by atoms with van der Waals surface area (Å²) in [5.74, 6) is 0.726. The molecule has 1 saturated heterocycles. The lowest BCUT2D eigenvalue weighted by Crippen LogP contribution is -2.48. The van der Waals surface area contributed by atoms with E-state index in [1.165, 1.54) is 0 Å². The Hall–Kier alpha value is -3.59. The zero-order chi connectivity index (χ0) is 24.7. The minimum Gasteiger partial charge on any atom is -0.454 e. The molecule has 2 N–H and O–H groups in total. The van der Waals surface area contributed by atoms with Crippen LogP contribution >= 0.6 is 0 Å². The van der Waals surface area contributed by atoms with Gasteiger partial charge in [0.25, 0.3) is 5.91 Å². The van der Waals surface area contributed by atoms with Gasteiger partial charge in [0.2, 0.25) is 18.6 Å². The Balaban J connectivity index is 1.11. The SMILES string of the molecule is O=C(CNC(=O)C1c2ccccc2C(=O)N1C1CC1)NCC1(c2ccc3c(c2)OCO3)CCOCC1. The molecule has 0 aromatic heterocycles. The minimum absolute atomic E-state index is 0.0876. The molecule has 188 valence electrons. The molecule has 2 aromatic rings. The van der Waals surface area contributed by atoms with Crippen molar-refractivity contribution in [1.29, 1.82) is 0 Å². The summed E-state index contributed by atoms with van der Waals surface area (Å²) < 4.78 is 16.6. The summed E-state index contributed by atoms with van der Waals surface area (Å²) in [7, 11) is 0. The molecule has 4 aliphatic rings. The lowest BCUT2D eigenvalue weighted by Gasteiger charge is -2.38. The van der Waals surface area contributed by atoms with E-state index in [0.29, 0.717) is 36.6 Å². The van der Waals surface area contributed by atoms with Crippen LogP contribution in [0.3, 0.4) is 0 Å². The van der Waals surface area contributed by atoms with Crippen LogP contribution in [0.15, 0.2) is 42.5 Å². The number of ether oxygens (including phenoxy) is 3. The van der Waals surface area contributed by atoms with E-state index in [2.05, 4.69) is 10.6 Å². The highest BCUT2D eigenvalue weighted by molar-refractivity contribution is 6.05. The molecule has 1 saturated carbocycles. The lowest BCUT2D eigenvalue weighted by molar-refractivity contribution is -0.129. The summed E-state index contributed by atoms with van der Waals surface area (Å²) in [5, 5.41) is 5.78. The van der Waals surface area contributed by atoms with Crippen molar-refractivity contribution in [3.8, 4) is 11.5 Å². The molecule has 3 aliphatic heterocycles. The van der Waals surface area contributed by atoms with Crippen molar-refractivity contribution in [3.05, 3.63) is 59.2 Å². The number of nitrogens with one attached hydrogen (secondary N) is 2. The van der Waals surface area contributed by atoms with Crippen molar-refractivity contribution >= 4 is 17.7 Å². The van der Waals surface area contributed by atoms with E-state index < -0.39 is 6.04 Å². The summed E-state index contributed by atoms with van der Waals surface area (Å²) in [6, 6.07) is 12.5. The second-order valence-electron chi connectivity index (χ2n) is 9.89. The molecule has 9 heteroatoms. The summed E-state index contributed by atoms with van der Waals surface area (Å²) in [4.78, 5) is 40.6. The van der Waals surface area contributed by atoms with Crippen LogP contribution in [0.1, 0.15) is 53.2 Å². The highest BCUT2D eigenvalue weighted by Crippen LogP contribution is 2.42. The Morgan fingerprint density at radius 1 is 1.00 bits per heavy atom. The first-order chi connectivity index (χ1) is 17.6. The highest BCUT2D eigenvalue weighted by Gasteiger charge is 2.47. The second kappa shape index (κ2) is 9.13. The molecule has 1 atom stereocenters. The Kier molecular flexibility index (Phi) is 5.79. The number of amides is 3. The molecule has 36 heavy (non-hydrogen) atoms. The molecule has 3 amide bonds. The zero-order valence-corrected chi connectivity index (χ0v) is 20.0. The Bertz CT molecular complexity index is 1200. The first-order valence-corrected chi connectivity index (χ1v) is 12.5. The first kappa shape index (κ1) is 22.8. The number of carbonyl (C=O) groups is 3. The monoisotopic (exact) mass is 491 g/mol. The average molecular weight is 492 g/mol. The number of fused-ring (bicyclic) bond motifs is 2. The predicted octanol–water partition coefficient (Wildman–Crippen LogP) is 2.06. The number of rotatable bonds is 7. The maximum atomic E-state index is 13.2. The highest BCUT2D eigenvalue weighted by atomic mass is 16.7. The molecule has 0 spiro atoms. The Morgan fingerprint density at radius 2 is 1.78 bits per heavy atom. The van der Waals surface area contributed by atoms with Crippen molar-refractivity contribution in [1.82, 2.24) is 15.5 Å². The van der Waals surface area contributed by atoms with E-state index in [9.17, 15) is 14.4 Å². The third-order valence-electron chi connectivity index (χ3n) is 7.67.